The largest absolute Gasteiger partial charge is 0.326 e. The Morgan fingerprint density at radius 1 is 0.840 bits per heavy atom. The first-order valence-corrected chi connectivity index (χ1v) is 8.71. The molecule has 2 aromatic carbocycles. The SMILES string of the molecule is CCc1cccc(CC)c1NC(=O)CC(=O)Nc1cc(C)cc(C)c1. The number of hydrogen-bond donors (Lipinski definition) is 2. The van der Waals surface area contributed by atoms with Gasteiger partial charge in [0.1, 0.15) is 6.42 Å². The molecule has 0 bridgehead atoms. The van der Waals surface area contributed by atoms with Gasteiger partial charge in [-0.25, -0.2) is 0 Å². The molecular weight excluding hydrogens is 312 g/mol. The van der Waals surface area contributed by atoms with E-state index in [4.69, 9.17) is 0 Å². The Morgan fingerprint density at radius 2 is 1.36 bits per heavy atom. The normalized spacial score (nSPS) is 10.4. The maximum absolute atomic E-state index is 12.3. The van der Waals surface area contributed by atoms with Crippen LogP contribution in [0.3, 0.4) is 0 Å². The lowest BCUT2D eigenvalue weighted by atomic mass is 10.0. The second-order valence-corrected chi connectivity index (χ2v) is 6.31. The fraction of sp³-hybridized carbons (Fsp3) is 0.333. The van der Waals surface area contributed by atoms with Crippen molar-refractivity contribution >= 4 is 23.2 Å². The summed E-state index contributed by atoms with van der Waals surface area (Å²) in [6.07, 6.45) is 1.46. The number of hydrogen-bond acceptors (Lipinski definition) is 2. The maximum atomic E-state index is 12.3. The number of carbonyl (C=O) groups excluding carboxylic acids is 2. The standard InChI is InChI=1S/C21H26N2O2/c1-5-16-8-7-9-17(6-2)21(16)23-20(25)13-19(24)22-18-11-14(3)10-15(4)12-18/h7-12H,5-6,13H2,1-4H3,(H,22,24)(H,23,25). The highest BCUT2D eigenvalue weighted by Gasteiger charge is 2.14. The third kappa shape index (κ3) is 5.18. The van der Waals surface area contributed by atoms with E-state index in [0.29, 0.717) is 0 Å². The van der Waals surface area contributed by atoms with Gasteiger partial charge >= 0.3 is 0 Å². The van der Waals surface area contributed by atoms with Crippen LogP contribution in [-0.4, -0.2) is 11.8 Å². The monoisotopic (exact) mass is 338 g/mol. The van der Waals surface area contributed by atoms with Gasteiger partial charge in [0.15, 0.2) is 0 Å². The van der Waals surface area contributed by atoms with Crippen LogP contribution in [0.5, 0.6) is 0 Å². The van der Waals surface area contributed by atoms with Crippen LogP contribution in [-0.2, 0) is 22.4 Å². The fourth-order valence-corrected chi connectivity index (χ4v) is 2.98. The van der Waals surface area contributed by atoms with Crippen LogP contribution in [0.25, 0.3) is 0 Å². The van der Waals surface area contributed by atoms with Crippen molar-refractivity contribution in [3.05, 3.63) is 58.7 Å². The highest BCUT2D eigenvalue weighted by Crippen LogP contribution is 2.23. The molecule has 2 N–H and O–H groups in total. The fourth-order valence-electron chi connectivity index (χ4n) is 2.98. The molecule has 4 nitrogen and oxygen atoms in total. The van der Waals surface area contributed by atoms with E-state index in [1.54, 1.807) is 0 Å². The molecule has 0 radical (unpaired) electrons. The third-order valence-electron chi connectivity index (χ3n) is 4.09. The number of aryl methyl sites for hydroxylation is 4. The minimum Gasteiger partial charge on any atom is -0.326 e. The first-order valence-electron chi connectivity index (χ1n) is 8.71. The highest BCUT2D eigenvalue weighted by molar-refractivity contribution is 6.08. The molecule has 132 valence electrons. The van der Waals surface area contributed by atoms with E-state index in [1.807, 2.05) is 50.2 Å². The first-order chi connectivity index (χ1) is 11.9. The molecule has 0 heterocycles. The van der Waals surface area contributed by atoms with Crippen LogP contribution in [0.1, 0.15) is 42.5 Å². The topological polar surface area (TPSA) is 58.2 Å². The number of benzene rings is 2. The molecule has 0 fully saturated rings. The Balaban J connectivity index is 2.04. The second kappa shape index (κ2) is 8.47. The third-order valence-corrected chi connectivity index (χ3v) is 4.09. The minimum atomic E-state index is -0.311. The van der Waals surface area contributed by atoms with Crippen LogP contribution < -0.4 is 10.6 Å². The number of amides is 2. The molecule has 25 heavy (non-hydrogen) atoms. The Labute approximate surface area is 149 Å². The zero-order chi connectivity index (χ0) is 18.4. The van der Waals surface area contributed by atoms with Gasteiger partial charge in [-0.2, -0.15) is 0 Å². The smallest absolute Gasteiger partial charge is 0.233 e. The quantitative estimate of drug-likeness (QED) is 0.767. The lowest BCUT2D eigenvalue weighted by Gasteiger charge is -2.14. The molecule has 2 rings (SSSR count). The van der Waals surface area contributed by atoms with Crippen LogP contribution >= 0.6 is 0 Å². The van der Waals surface area contributed by atoms with Gasteiger partial charge < -0.3 is 10.6 Å². The van der Waals surface area contributed by atoms with Crippen molar-refractivity contribution in [3.63, 3.8) is 0 Å². The van der Waals surface area contributed by atoms with Gasteiger partial charge in [0.05, 0.1) is 0 Å². The average Bonchev–Trinajstić information content (AvgIpc) is 2.53. The first kappa shape index (κ1) is 18.7. The van der Waals surface area contributed by atoms with Crippen molar-refractivity contribution in [1.29, 1.82) is 0 Å². The number of carbonyl (C=O) groups is 2. The number of rotatable bonds is 6. The highest BCUT2D eigenvalue weighted by atomic mass is 16.2. The average molecular weight is 338 g/mol. The maximum Gasteiger partial charge on any atom is 0.233 e. The predicted octanol–water partition coefficient (Wildman–Crippen LogP) is 4.40. The van der Waals surface area contributed by atoms with Gasteiger partial charge in [0.25, 0.3) is 0 Å². The molecule has 2 amide bonds. The van der Waals surface area contributed by atoms with E-state index in [-0.39, 0.29) is 18.2 Å². The molecule has 0 saturated heterocycles. The zero-order valence-corrected chi connectivity index (χ0v) is 15.4. The molecule has 0 aromatic heterocycles. The summed E-state index contributed by atoms with van der Waals surface area (Å²) in [4.78, 5) is 24.5. The van der Waals surface area contributed by atoms with Crippen LogP contribution in [0, 0.1) is 13.8 Å². The molecule has 0 aliphatic rings. The van der Waals surface area contributed by atoms with Crippen molar-refractivity contribution in [2.45, 2.75) is 47.0 Å². The number of para-hydroxylation sites is 1. The van der Waals surface area contributed by atoms with E-state index in [9.17, 15) is 9.59 Å². The summed E-state index contributed by atoms with van der Waals surface area (Å²) in [7, 11) is 0. The van der Waals surface area contributed by atoms with E-state index in [1.165, 1.54) is 0 Å². The molecule has 2 aromatic rings. The van der Waals surface area contributed by atoms with Crippen molar-refractivity contribution in [2.75, 3.05) is 10.6 Å². The summed E-state index contributed by atoms with van der Waals surface area (Å²) in [6, 6.07) is 11.8. The molecule has 0 unspecified atom stereocenters. The zero-order valence-electron chi connectivity index (χ0n) is 15.4. The van der Waals surface area contributed by atoms with Gasteiger partial charge in [-0.1, -0.05) is 38.1 Å². The van der Waals surface area contributed by atoms with E-state index in [0.717, 1.165) is 46.5 Å². The van der Waals surface area contributed by atoms with Crippen LogP contribution in [0.15, 0.2) is 36.4 Å². The second-order valence-electron chi connectivity index (χ2n) is 6.31. The van der Waals surface area contributed by atoms with Gasteiger partial charge in [0.2, 0.25) is 11.8 Å². The van der Waals surface area contributed by atoms with Crippen molar-refractivity contribution in [2.24, 2.45) is 0 Å². The van der Waals surface area contributed by atoms with Crippen molar-refractivity contribution in [1.82, 2.24) is 0 Å². The summed E-state index contributed by atoms with van der Waals surface area (Å²) in [5.41, 5.74) is 5.88. The summed E-state index contributed by atoms with van der Waals surface area (Å²) in [6.45, 7) is 8.06. The lowest BCUT2D eigenvalue weighted by Crippen LogP contribution is -2.22. The Morgan fingerprint density at radius 3 is 1.88 bits per heavy atom. The molecule has 0 aliphatic carbocycles. The number of nitrogens with one attached hydrogen (secondary N) is 2. The van der Waals surface area contributed by atoms with E-state index >= 15 is 0 Å². The lowest BCUT2D eigenvalue weighted by molar-refractivity contribution is -0.123. The molecule has 0 aliphatic heterocycles. The Bertz CT molecular complexity index is 739. The molecule has 0 spiro atoms. The molecule has 4 heteroatoms. The van der Waals surface area contributed by atoms with Gasteiger partial charge in [-0.3, -0.25) is 9.59 Å². The molecular formula is C21H26N2O2. The molecule has 0 atom stereocenters. The Kier molecular flexibility index (Phi) is 6.34. The summed E-state index contributed by atoms with van der Waals surface area (Å²) in [5, 5.41) is 5.72. The molecule has 0 saturated carbocycles. The summed E-state index contributed by atoms with van der Waals surface area (Å²) < 4.78 is 0. The minimum absolute atomic E-state index is 0.200. The van der Waals surface area contributed by atoms with E-state index < -0.39 is 0 Å². The number of anilines is 2. The van der Waals surface area contributed by atoms with Gasteiger partial charge in [0, 0.05) is 11.4 Å². The van der Waals surface area contributed by atoms with Gasteiger partial charge in [-0.05, 0) is 61.1 Å². The Hall–Kier alpha value is -2.62. The summed E-state index contributed by atoms with van der Waals surface area (Å²) >= 11 is 0. The van der Waals surface area contributed by atoms with Crippen LogP contribution in [0.4, 0.5) is 11.4 Å². The predicted molar refractivity (Wildman–Crippen MR) is 103 cm³/mol. The van der Waals surface area contributed by atoms with E-state index in [2.05, 4.69) is 24.5 Å². The van der Waals surface area contributed by atoms with Crippen LogP contribution in [0.2, 0.25) is 0 Å². The van der Waals surface area contributed by atoms with Gasteiger partial charge in [-0.15, -0.1) is 0 Å². The van der Waals surface area contributed by atoms with Crippen molar-refractivity contribution in [3.8, 4) is 0 Å². The summed E-state index contributed by atoms with van der Waals surface area (Å²) in [5.74, 6) is -0.605. The van der Waals surface area contributed by atoms with Crippen molar-refractivity contribution < 1.29 is 9.59 Å².